The molecule has 0 fully saturated rings. The van der Waals surface area contributed by atoms with Gasteiger partial charge in [0.2, 0.25) is 5.91 Å². The fourth-order valence-corrected chi connectivity index (χ4v) is 2.45. The molecule has 3 aromatic rings. The molecule has 1 aromatic heterocycles. The number of hydrogen-bond donors (Lipinski definition) is 3. The Morgan fingerprint density at radius 2 is 2.00 bits per heavy atom. The maximum atomic E-state index is 12.9. The van der Waals surface area contributed by atoms with Gasteiger partial charge < -0.3 is 15.5 Å². The number of rotatable bonds is 6. The lowest BCUT2D eigenvalue weighted by Crippen LogP contribution is -2.22. The van der Waals surface area contributed by atoms with E-state index >= 15 is 0 Å². The Morgan fingerprint density at radius 3 is 2.75 bits per heavy atom. The molecule has 4 N–H and O–H groups in total. The molecule has 0 aliphatic heterocycles. The number of amides is 1. The van der Waals surface area contributed by atoms with Crippen molar-refractivity contribution < 1.29 is 13.6 Å². The van der Waals surface area contributed by atoms with Gasteiger partial charge in [-0.25, -0.2) is 9.38 Å². The summed E-state index contributed by atoms with van der Waals surface area (Å²) in [7, 11) is 0. The number of aliphatic imine (C=N–C) groups is 1. The van der Waals surface area contributed by atoms with E-state index in [-0.39, 0.29) is 23.7 Å². The monoisotopic (exact) mass is 381 g/mol. The Bertz CT molecular complexity index is 982. The van der Waals surface area contributed by atoms with E-state index in [1.54, 1.807) is 12.1 Å². The van der Waals surface area contributed by atoms with Crippen molar-refractivity contribution >= 4 is 17.9 Å². The average molecular weight is 381 g/mol. The molecule has 0 saturated carbocycles. The largest absolute Gasteiger partial charge is 0.431 e. The molecule has 0 aliphatic rings. The second kappa shape index (κ2) is 8.81. The lowest BCUT2D eigenvalue weighted by Gasteiger charge is -2.04. The number of nitrogens with two attached hydrogens (primary N) is 1. The number of nitrogens with one attached hydrogen (secondary N) is 2. The number of oxazole rings is 1. The van der Waals surface area contributed by atoms with Gasteiger partial charge >= 0.3 is 6.01 Å². The second-order valence-corrected chi connectivity index (χ2v) is 6.10. The van der Waals surface area contributed by atoms with E-state index in [2.05, 4.69) is 20.6 Å². The van der Waals surface area contributed by atoms with Gasteiger partial charge in [-0.3, -0.25) is 10.1 Å². The summed E-state index contributed by atoms with van der Waals surface area (Å²) < 4.78 is 18.3. The van der Waals surface area contributed by atoms with E-state index in [1.807, 2.05) is 24.3 Å². The molecule has 2 aromatic carbocycles. The Hall–Kier alpha value is -3.68. The number of guanidine groups is 1. The minimum atomic E-state index is -0.299. The summed E-state index contributed by atoms with van der Waals surface area (Å²) in [5.74, 6) is -0.252. The van der Waals surface area contributed by atoms with Crippen LogP contribution >= 0.6 is 0 Å². The van der Waals surface area contributed by atoms with Crippen LogP contribution in [0, 0.1) is 5.82 Å². The lowest BCUT2D eigenvalue weighted by molar-refractivity contribution is -0.119. The van der Waals surface area contributed by atoms with Crippen LogP contribution in [0.3, 0.4) is 0 Å². The zero-order chi connectivity index (χ0) is 19.9. The zero-order valence-corrected chi connectivity index (χ0v) is 15.3. The molecule has 144 valence electrons. The summed E-state index contributed by atoms with van der Waals surface area (Å²) in [6.07, 6.45) is 1.51. The van der Waals surface area contributed by atoms with Crippen LogP contribution in [-0.4, -0.2) is 16.9 Å². The first-order valence-electron chi connectivity index (χ1n) is 8.60. The minimum absolute atomic E-state index is 0.0891. The summed E-state index contributed by atoms with van der Waals surface area (Å²) in [5.41, 5.74) is 9.10. The number of nitrogens with zero attached hydrogens (tertiary/aromatic N) is 2. The molecule has 0 saturated heterocycles. The van der Waals surface area contributed by atoms with Crippen molar-refractivity contribution in [3.05, 3.63) is 71.7 Å². The first-order valence-corrected chi connectivity index (χ1v) is 8.60. The zero-order valence-electron chi connectivity index (χ0n) is 15.3. The van der Waals surface area contributed by atoms with Gasteiger partial charge in [0.05, 0.1) is 6.54 Å². The molecular weight excluding hydrogens is 361 g/mol. The summed E-state index contributed by atoms with van der Waals surface area (Å²) >= 11 is 0. The van der Waals surface area contributed by atoms with Crippen LogP contribution in [0.5, 0.6) is 0 Å². The molecule has 0 unspecified atom stereocenters. The highest BCUT2D eigenvalue weighted by molar-refractivity contribution is 5.90. The molecule has 28 heavy (non-hydrogen) atoms. The van der Waals surface area contributed by atoms with Crippen LogP contribution in [0.4, 0.5) is 10.4 Å². The second-order valence-electron chi connectivity index (χ2n) is 6.10. The van der Waals surface area contributed by atoms with E-state index in [9.17, 15) is 9.18 Å². The highest BCUT2D eigenvalue weighted by atomic mass is 19.1. The first kappa shape index (κ1) is 19.1. The standard InChI is InChI=1S/C20H20FN5O2/c1-13(27)23-11-15-3-2-4-16(9-15)18-12-28-20(25-18)26-19(22)24-10-14-5-7-17(21)8-6-14/h2-9,12H,10-11H2,1H3,(H,23,27)(H3,22,24,25,26). The van der Waals surface area contributed by atoms with Gasteiger partial charge in [-0.2, -0.15) is 4.98 Å². The minimum Gasteiger partial charge on any atom is -0.431 e. The van der Waals surface area contributed by atoms with Crippen molar-refractivity contribution in [2.45, 2.75) is 20.0 Å². The number of halogens is 1. The van der Waals surface area contributed by atoms with Gasteiger partial charge in [-0.05, 0) is 29.3 Å². The van der Waals surface area contributed by atoms with Crippen LogP contribution in [0.2, 0.25) is 0 Å². The van der Waals surface area contributed by atoms with Gasteiger partial charge in [0.25, 0.3) is 0 Å². The van der Waals surface area contributed by atoms with E-state index in [0.29, 0.717) is 18.8 Å². The molecule has 8 heteroatoms. The summed E-state index contributed by atoms with van der Waals surface area (Å²) in [6.45, 7) is 2.22. The van der Waals surface area contributed by atoms with E-state index < -0.39 is 0 Å². The van der Waals surface area contributed by atoms with E-state index in [4.69, 9.17) is 10.2 Å². The molecule has 7 nitrogen and oxygen atoms in total. The van der Waals surface area contributed by atoms with Crippen LogP contribution in [0.25, 0.3) is 11.3 Å². The van der Waals surface area contributed by atoms with Crippen molar-refractivity contribution in [1.29, 1.82) is 0 Å². The van der Waals surface area contributed by atoms with Crippen molar-refractivity contribution in [2.24, 2.45) is 10.7 Å². The predicted molar refractivity (Wildman–Crippen MR) is 105 cm³/mol. The highest BCUT2D eigenvalue weighted by Crippen LogP contribution is 2.21. The smallest absolute Gasteiger partial charge is 0.302 e. The summed E-state index contributed by atoms with van der Waals surface area (Å²) in [5, 5.41) is 5.54. The Kier molecular flexibility index (Phi) is 6.01. The number of aromatic nitrogens is 1. The highest BCUT2D eigenvalue weighted by Gasteiger charge is 2.08. The number of hydrogen-bond acceptors (Lipinski definition) is 4. The Labute approximate surface area is 161 Å². The number of benzene rings is 2. The van der Waals surface area contributed by atoms with Crippen molar-refractivity contribution in [3.8, 4) is 11.3 Å². The van der Waals surface area contributed by atoms with Gasteiger partial charge in [0.15, 0.2) is 5.96 Å². The van der Waals surface area contributed by atoms with Crippen LogP contribution in [0.1, 0.15) is 18.1 Å². The Morgan fingerprint density at radius 1 is 1.21 bits per heavy atom. The number of carbonyl (C=O) groups excluding carboxylic acids is 1. The molecule has 0 aliphatic carbocycles. The molecule has 0 atom stereocenters. The molecule has 1 amide bonds. The summed E-state index contributed by atoms with van der Waals surface area (Å²) in [4.78, 5) is 19.6. The third-order valence-corrected chi connectivity index (χ3v) is 3.85. The Balaban J connectivity index is 1.63. The number of carbonyl (C=O) groups is 1. The maximum absolute atomic E-state index is 12.9. The first-order chi connectivity index (χ1) is 13.5. The van der Waals surface area contributed by atoms with Gasteiger partial charge in [0, 0.05) is 19.0 Å². The van der Waals surface area contributed by atoms with E-state index in [0.717, 1.165) is 16.7 Å². The van der Waals surface area contributed by atoms with Crippen molar-refractivity contribution in [1.82, 2.24) is 10.3 Å². The van der Waals surface area contributed by atoms with E-state index in [1.165, 1.54) is 25.3 Å². The number of anilines is 1. The van der Waals surface area contributed by atoms with Crippen molar-refractivity contribution in [2.75, 3.05) is 5.32 Å². The van der Waals surface area contributed by atoms with Gasteiger partial charge in [-0.15, -0.1) is 0 Å². The average Bonchev–Trinajstić information content (AvgIpc) is 3.14. The molecule has 3 rings (SSSR count). The predicted octanol–water partition coefficient (Wildman–Crippen LogP) is 3.04. The topological polar surface area (TPSA) is 106 Å². The third kappa shape index (κ3) is 5.41. The summed E-state index contributed by atoms with van der Waals surface area (Å²) in [6, 6.07) is 13.8. The van der Waals surface area contributed by atoms with Crippen LogP contribution in [0.15, 0.2) is 64.2 Å². The SMILES string of the molecule is CC(=O)NCc1cccc(-c2coc(NC(N)=NCc3ccc(F)cc3)n2)c1. The van der Waals surface area contributed by atoms with Crippen LogP contribution < -0.4 is 16.4 Å². The van der Waals surface area contributed by atoms with Crippen LogP contribution in [-0.2, 0) is 17.9 Å². The normalized spacial score (nSPS) is 11.3. The maximum Gasteiger partial charge on any atom is 0.302 e. The van der Waals surface area contributed by atoms with Gasteiger partial charge in [-0.1, -0.05) is 30.3 Å². The van der Waals surface area contributed by atoms with Gasteiger partial charge in [0.1, 0.15) is 17.8 Å². The fourth-order valence-electron chi connectivity index (χ4n) is 2.45. The molecular formula is C20H20FN5O2. The molecule has 0 spiro atoms. The quantitative estimate of drug-likeness (QED) is 0.450. The third-order valence-electron chi connectivity index (χ3n) is 3.85. The van der Waals surface area contributed by atoms with Crippen molar-refractivity contribution in [3.63, 3.8) is 0 Å². The molecule has 0 radical (unpaired) electrons. The lowest BCUT2D eigenvalue weighted by atomic mass is 10.1. The fraction of sp³-hybridized carbons (Fsp3) is 0.150. The molecule has 0 bridgehead atoms. The molecule has 1 heterocycles.